The number of hydrogen-bond donors (Lipinski definition) is 5. The van der Waals surface area contributed by atoms with Gasteiger partial charge in [-0.1, -0.05) is 30.3 Å². The van der Waals surface area contributed by atoms with Crippen LogP contribution in [0.3, 0.4) is 0 Å². The molecule has 190 valence electrons. The third kappa shape index (κ3) is 4.51. The predicted molar refractivity (Wildman–Crippen MR) is 138 cm³/mol. The van der Waals surface area contributed by atoms with Crippen LogP contribution in [-0.4, -0.2) is 37.1 Å². The Morgan fingerprint density at radius 3 is 1.97 bits per heavy atom. The Kier molecular flexibility index (Phi) is 6.22. The standard InChI is InChI=1S/C30H22O8/c31-18-6-1-16(2-7-18)3-13-23(34)21-12-14-25-26(28(21)36)27(29(37)22-11-10-20(33)15-24(22)35)30(38-25)17-4-8-19(32)9-5-17/h1-15,27,30-33,35-36H. The van der Waals surface area contributed by atoms with Crippen molar-refractivity contribution in [1.29, 1.82) is 0 Å². The van der Waals surface area contributed by atoms with Crippen LogP contribution in [0.15, 0.2) is 84.9 Å². The lowest BCUT2D eigenvalue weighted by Gasteiger charge is -2.20. The molecule has 5 N–H and O–H groups in total. The first-order valence-corrected chi connectivity index (χ1v) is 11.6. The van der Waals surface area contributed by atoms with E-state index >= 15 is 0 Å². The average Bonchev–Trinajstić information content (AvgIpc) is 3.29. The summed E-state index contributed by atoms with van der Waals surface area (Å²) in [5.41, 5.74) is 1.11. The van der Waals surface area contributed by atoms with E-state index in [-0.39, 0.29) is 39.7 Å². The number of benzene rings is 4. The molecule has 1 aliphatic rings. The smallest absolute Gasteiger partial charge is 0.189 e. The molecule has 0 fully saturated rings. The topological polar surface area (TPSA) is 145 Å². The van der Waals surface area contributed by atoms with Crippen molar-refractivity contribution < 1.29 is 39.9 Å². The zero-order valence-corrected chi connectivity index (χ0v) is 19.8. The van der Waals surface area contributed by atoms with Crippen molar-refractivity contribution >= 4 is 17.6 Å². The molecule has 2 unspecified atom stereocenters. The molecular weight excluding hydrogens is 488 g/mol. The van der Waals surface area contributed by atoms with E-state index in [0.29, 0.717) is 11.1 Å². The zero-order chi connectivity index (χ0) is 27.0. The molecule has 0 radical (unpaired) electrons. The number of phenols is 5. The Bertz CT molecular complexity index is 1570. The second kappa shape index (κ2) is 9.67. The second-order valence-electron chi connectivity index (χ2n) is 8.84. The molecule has 38 heavy (non-hydrogen) atoms. The molecule has 0 aromatic heterocycles. The third-order valence-electron chi connectivity index (χ3n) is 6.38. The van der Waals surface area contributed by atoms with Gasteiger partial charge in [-0.3, -0.25) is 9.59 Å². The van der Waals surface area contributed by atoms with Crippen LogP contribution in [0.1, 0.15) is 49.4 Å². The Morgan fingerprint density at radius 1 is 0.711 bits per heavy atom. The van der Waals surface area contributed by atoms with Crippen molar-refractivity contribution in [2.45, 2.75) is 12.0 Å². The van der Waals surface area contributed by atoms with E-state index in [0.717, 1.165) is 6.07 Å². The van der Waals surface area contributed by atoms with Crippen LogP contribution in [0.2, 0.25) is 0 Å². The van der Waals surface area contributed by atoms with Gasteiger partial charge in [0, 0.05) is 6.07 Å². The van der Waals surface area contributed by atoms with Gasteiger partial charge in [0.15, 0.2) is 11.6 Å². The maximum absolute atomic E-state index is 13.8. The van der Waals surface area contributed by atoms with Crippen molar-refractivity contribution in [2.75, 3.05) is 0 Å². The molecule has 2 atom stereocenters. The molecule has 0 bridgehead atoms. The number of carbonyl (C=O) groups excluding carboxylic acids is 2. The largest absolute Gasteiger partial charge is 0.508 e. The van der Waals surface area contributed by atoms with Crippen LogP contribution >= 0.6 is 0 Å². The van der Waals surface area contributed by atoms with E-state index in [2.05, 4.69) is 0 Å². The van der Waals surface area contributed by atoms with Crippen molar-refractivity contribution in [3.63, 3.8) is 0 Å². The molecule has 5 rings (SSSR count). The highest BCUT2D eigenvalue weighted by Crippen LogP contribution is 2.52. The van der Waals surface area contributed by atoms with Gasteiger partial charge in [0.1, 0.15) is 40.6 Å². The number of Topliss-reactive ketones (excluding diaryl/α,β-unsaturated/α-hetero) is 1. The molecule has 0 saturated carbocycles. The number of rotatable bonds is 6. The van der Waals surface area contributed by atoms with E-state index in [1.807, 2.05) is 0 Å². The summed E-state index contributed by atoms with van der Waals surface area (Å²) in [6.07, 6.45) is 1.86. The fourth-order valence-electron chi connectivity index (χ4n) is 4.48. The number of carbonyl (C=O) groups is 2. The molecule has 0 spiro atoms. The number of allylic oxidation sites excluding steroid dienone is 1. The molecule has 1 aliphatic heterocycles. The van der Waals surface area contributed by atoms with Crippen LogP contribution in [0.5, 0.6) is 34.5 Å². The second-order valence-corrected chi connectivity index (χ2v) is 8.84. The van der Waals surface area contributed by atoms with Gasteiger partial charge in [-0.05, 0) is 65.7 Å². The fraction of sp³-hybridized carbons (Fsp3) is 0.0667. The average molecular weight is 510 g/mol. The minimum atomic E-state index is -1.15. The van der Waals surface area contributed by atoms with E-state index in [9.17, 15) is 35.1 Å². The third-order valence-corrected chi connectivity index (χ3v) is 6.38. The lowest BCUT2D eigenvalue weighted by Crippen LogP contribution is -2.19. The first-order chi connectivity index (χ1) is 18.2. The summed E-state index contributed by atoms with van der Waals surface area (Å²) in [6, 6.07) is 18.7. The number of ether oxygens (including phenoxy) is 1. The Hall–Kier alpha value is -5.24. The SMILES string of the molecule is O=C(C=Cc1ccc(O)cc1)c1ccc2c(c1O)C(C(=O)c1ccc(O)cc1O)C(c1ccc(O)cc1)O2. The van der Waals surface area contributed by atoms with Crippen LogP contribution in [0, 0.1) is 0 Å². The summed E-state index contributed by atoms with van der Waals surface area (Å²) in [4.78, 5) is 26.8. The molecule has 0 amide bonds. The van der Waals surface area contributed by atoms with Crippen molar-refractivity contribution in [3.05, 3.63) is 113 Å². The van der Waals surface area contributed by atoms with Crippen molar-refractivity contribution in [2.24, 2.45) is 0 Å². The van der Waals surface area contributed by atoms with Gasteiger partial charge < -0.3 is 30.3 Å². The van der Waals surface area contributed by atoms with E-state index in [4.69, 9.17) is 4.74 Å². The van der Waals surface area contributed by atoms with E-state index in [1.54, 1.807) is 24.3 Å². The monoisotopic (exact) mass is 510 g/mol. The van der Waals surface area contributed by atoms with Gasteiger partial charge in [-0.15, -0.1) is 0 Å². The summed E-state index contributed by atoms with van der Waals surface area (Å²) >= 11 is 0. The first-order valence-electron chi connectivity index (χ1n) is 11.6. The van der Waals surface area contributed by atoms with Gasteiger partial charge in [0.2, 0.25) is 0 Å². The number of fused-ring (bicyclic) bond motifs is 1. The molecule has 4 aromatic carbocycles. The van der Waals surface area contributed by atoms with Gasteiger partial charge in [-0.25, -0.2) is 0 Å². The predicted octanol–water partition coefficient (Wildman–Crippen LogP) is 5.21. The molecule has 0 aliphatic carbocycles. The molecule has 4 aromatic rings. The van der Waals surface area contributed by atoms with Crippen LogP contribution in [0.4, 0.5) is 0 Å². The van der Waals surface area contributed by atoms with Gasteiger partial charge in [0.25, 0.3) is 0 Å². The Morgan fingerprint density at radius 2 is 1.32 bits per heavy atom. The number of hydrogen-bond acceptors (Lipinski definition) is 8. The van der Waals surface area contributed by atoms with E-state index < -0.39 is 35.1 Å². The first kappa shape index (κ1) is 24.5. The zero-order valence-electron chi connectivity index (χ0n) is 19.8. The quantitative estimate of drug-likeness (QED) is 0.176. The summed E-state index contributed by atoms with van der Waals surface area (Å²) in [7, 11) is 0. The van der Waals surface area contributed by atoms with Crippen LogP contribution in [-0.2, 0) is 0 Å². The van der Waals surface area contributed by atoms with Gasteiger partial charge in [0.05, 0.1) is 22.6 Å². The highest BCUT2D eigenvalue weighted by Gasteiger charge is 2.44. The normalized spacial score (nSPS) is 16.2. The fourth-order valence-corrected chi connectivity index (χ4v) is 4.48. The van der Waals surface area contributed by atoms with Crippen LogP contribution < -0.4 is 4.74 Å². The summed E-state index contributed by atoms with van der Waals surface area (Å²) < 4.78 is 6.06. The summed E-state index contributed by atoms with van der Waals surface area (Å²) in [6.45, 7) is 0. The maximum Gasteiger partial charge on any atom is 0.189 e. The molecule has 8 nitrogen and oxygen atoms in total. The van der Waals surface area contributed by atoms with Gasteiger partial charge in [-0.2, -0.15) is 0 Å². The molecule has 1 heterocycles. The lowest BCUT2D eigenvalue weighted by atomic mass is 9.83. The van der Waals surface area contributed by atoms with Crippen molar-refractivity contribution in [3.8, 4) is 34.5 Å². The highest BCUT2D eigenvalue weighted by molar-refractivity contribution is 6.10. The summed E-state index contributed by atoms with van der Waals surface area (Å²) in [5.74, 6) is -3.09. The Balaban J connectivity index is 1.58. The number of ketones is 2. The van der Waals surface area contributed by atoms with Crippen LogP contribution in [0.25, 0.3) is 6.08 Å². The number of phenolic OH excluding ortho intramolecular Hbond substituents is 5. The summed E-state index contributed by atoms with van der Waals surface area (Å²) in [5, 5.41) is 50.4. The lowest BCUT2D eigenvalue weighted by molar-refractivity contribution is 0.0890. The maximum atomic E-state index is 13.8. The van der Waals surface area contributed by atoms with Gasteiger partial charge >= 0.3 is 0 Å². The highest BCUT2D eigenvalue weighted by atomic mass is 16.5. The number of aromatic hydroxyl groups is 5. The minimum absolute atomic E-state index is 0.0134. The molecule has 8 heteroatoms. The van der Waals surface area contributed by atoms with E-state index in [1.165, 1.54) is 60.7 Å². The van der Waals surface area contributed by atoms with Crippen molar-refractivity contribution in [1.82, 2.24) is 0 Å². The molecular formula is C30H22O8. The molecule has 0 saturated heterocycles. The Labute approximate surface area is 217 Å². The minimum Gasteiger partial charge on any atom is -0.508 e.